The zero-order chi connectivity index (χ0) is 19.7. The first-order chi connectivity index (χ1) is 13.4. The molecular weight excluding hydrogens is 356 g/mol. The summed E-state index contributed by atoms with van der Waals surface area (Å²) >= 11 is 0. The van der Waals surface area contributed by atoms with Crippen molar-refractivity contribution in [2.45, 2.75) is 51.6 Å². The van der Waals surface area contributed by atoms with E-state index in [9.17, 15) is 14.4 Å². The highest BCUT2D eigenvalue weighted by atomic mass is 16.5. The molecule has 0 aliphatic heterocycles. The minimum absolute atomic E-state index is 0.00931. The largest absolute Gasteiger partial charge is 0.451 e. The van der Waals surface area contributed by atoms with E-state index in [0.717, 1.165) is 19.3 Å². The van der Waals surface area contributed by atoms with Gasteiger partial charge in [0.05, 0.1) is 0 Å². The molecule has 4 bridgehead atoms. The fourth-order valence-corrected chi connectivity index (χ4v) is 5.79. The Morgan fingerprint density at radius 1 is 1.04 bits per heavy atom. The first-order valence-electron chi connectivity index (χ1n) is 10.3. The summed E-state index contributed by atoms with van der Waals surface area (Å²) in [6.45, 7) is 1.33. The summed E-state index contributed by atoms with van der Waals surface area (Å²) in [6, 6.07) is 9.00. The van der Waals surface area contributed by atoms with Crippen molar-refractivity contribution in [2.75, 3.05) is 11.9 Å². The zero-order valence-electron chi connectivity index (χ0n) is 16.3. The molecule has 5 rings (SSSR count). The van der Waals surface area contributed by atoms with Gasteiger partial charge >= 0.3 is 5.97 Å². The molecule has 0 saturated heterocycles. The van der Waals surface area contributed by atoms with E-state index >= 15 is 0 Å². The summed E-state index contributed by atoms with van der Waals surface area (Å²) in [5.74, 6) is 1.02. The molecular formula is C22H28N2O4. The summed E-state index contributed by atoms with van der Waals surface area (Å²) in [7, 11) is 0. The van der Waals surface area contributed by atoms with Crippen LogP contribution in [0.3, 0.4) is 0 Å². The molecule has 4 saturated carbocycles. The van der Waals surface area contributed by atoms with Gasteiger partial charge in [0.15, 0.2) is 6.10 Å². The molecule has 4 aliphatic rings. The molecule has 2 N–H and O–H groups in total. The molecule has 6 heteroatoms. The quantitative estimate of drug-likeness (QED) is 0.739. The highest BCUT2D eigenvalue weighted by molar-refractivity contribution is 5.95. The van der Waals surface area contributed by atoms with Crippen molar-refractivity contribution in [3.8, 4) is 0 Å². The number of ether oxygens (including phenoxy) is 1. The number of anilines is 1. The molecule has 0 radical (unpaired) electrons. The highest BCUT2D eigenvalue weighted by Crippen LogP contribution is 2.60. The Morgan fingerprint density at radius 2 is 1.61 bits per heavy atom. The number of amides is 2. The summed E-state index contributed by atoms with van der Waals surface area (Å²) in [6.07, 6.45) is 5.74. The maximum atomic E-state index is 12.9. The van der Waals surface area contributed by atoms with Crippen molar-refractivity contribution in [3.63, 3.8) is 0 Å². The molecule has 1 aromatic carbocycles. The summed E-state index contributed by atoms with van der Waals surface area (Å²) < 4.78 is 5.19. The molecule has 0 aromatic heterocycles. The van der Waals surface area contributed by atoms with Crippen molar-refractivity contribution in [2.24, 2.45) is 23.2 Å². The Labute approximate surface area is 165 Å². The molecule has 0 heterocycles. The number of nitrogens with one attached hydrogen (secondary N) is 2. The van der Waals surface area contributed by atoms with E-state index in [1.54, 1.807) is 12.1 Å². The number of carbonyl (C=O) groups is 3. The number of hydrogen-bond donors (Lipinski definition) is 2. The van der Waals surface area contributed by atoms with Crippen LogP contribution in [-0.4, -0.2) is 30.4 Å². The van der Waals surface area contributed by atoms with Gasteiger partial charge < -0.3 is 15.4 Å². The van der Waals surface area contributed by atoms with E-state index in [2.05, 4.69) is 10.6 Å². The smallest absolute Gasteiger partial charge is 0.326 e. The van der Waals surface area contributed by atoms with Crippen LogP contribution in [0.5, 0.6) is 0 Å². The second-order valence-electron chi connectivity index (χ2n) is 8.87. The van der Waals surface area contributed by atoms with Crippen LogP contribution < -0.4 is 10.6 Å². The maximum absolute atomic E-state index is 12.9. The standard InChI is InChI=1S/C22H28N2O4/c1-14(20(26)24-18-5-3-2-4-6-18)28-19(25)13-23-21(27)22-10-15-7-16(11-22)9-17(8-15)12-22/h2-6,14-17H,7-13H2,1H3,(H,23,27)(H,24,26)/t14-,15?,16?,17?,22?/m0/s1. The van der Waals surface area contributed by atoms with E-state index in [1.807, 2.05) is 18.2 Å². The first-order valence-corrected chi connectivity index (χ1v) is 10.3. The van der Waals surface area contributed by atoms with Gasteiger partial charge in [-0.2, -0.15) is 0 Å². The average molecular weight is 384 g/mol. The lowest BCUT2D eigenvalue weighted by molar-refractivity contribution is -0.155. The number of rotatable bonds is 6. The molecule has 4 fully saturated rings. The van der Waals surface area contributed by atoms with Crippen molar-refractivity contribution in [3.05, 3.63) is 30.3 Å². The van der Waals surface area contributed by atoms with Gasteiger partial charge in [0.1, 0.15) is 6.54 Å². The zero-order valence-corrected chi connectivity index (χ0v) is 16.3. The fraction of sp³-hybridized carbons (Fsp3) is 0.591. The Balaban J connectivity index is 1.25. The van der Waals surface area contributed by atoms with Crippen LogP contribution in [0, 0.1) is 23.2 Å². The molecule has 28 heavy (non-hydrogen) atoms. The van der Waals surface area contributed by atoms with Crippen LogP contribution in [0.4, 0.5) is 5.69 Å². The number of para-hydroxylation sites is 1. The van der Waals surface area contributed by atoms with Crippen molar-refractivity contribution < 1.29 is 19.1 Å². The summed E-state index contributed by atoms with van der Waals surface area (Å²) in [5.41, 5.74) is 0.358. The van der Waals surface area contributed by atoms with E-state index in [1.165, 1.54) is 26.2 Å². The normalized spacial score (nSPS) is 31.1. The lowest BCUT2D eigenvalue weighted by atomic mass is 9.49. The van der Waals surface area contributed by atoms with Crippen molar-refractivity contribution in [1.82, 2.24) is 5.32 Å². The minimum Gasteiger partial charge on any atom is -0.451 e. The summed E-state index contributed by atoms with van der Waals surface area (Å²) in [5, 5.41) is 5.49. The molecule has 0 spiro atoms. The lowest BCUT2D eigenvalue weighted by Gasteiger charge is -2.55. The van der Waals surface area contributed by atoms with Gasteiger partial charge in [0.25, 0.3) is 5.91 Å². The predicted octanol–water partition coefficient (Wildman–Crippen LogP) is 2.89. The summed E-state index contributed by atoms with van der Waals surface area (Å²) in [4.78, 5) is 37.1. The van der Waals surface area contributed by atoms with E-state index in [4.69, 9.17) is 4.74 Å². The second-order valence-corrected chi connectivity index (χ2v) is 8.87. The van der Waals surface area contributed by atoms with Gasteiger partial charge in [0.2, 0.25) is 5.91 Å². The van der Waals surface area contributed by atoms with Crippen LogP contribution in [0.25, 0.3) is 0 Å². The van der Waals surface area contributed by atoms with Crippen LogP contribution in [-0.2, 0) is 19.1 Å². The first kappa shape index (κ1) is 19.0. The van der Waals surface area contributed by atoms with Crippen molar-refractivity contribution in [1.29, 1.82) is 0 Å². The Morgan fingerprint density at radius 3 is 2.18 bits per heavy atom. The molecule has 2 amide bonds. The van der Waals surface area contributed by atoms with Crippen LogP contribution in [0.1, 0.15) is 45.4 Å². The second kappa shape index (κ2) is 7.57. The lowest BCUT2D eigenvalue weighted by Crippen LogP contribution is -2.54. The molecule has 0 unspecified atom stereocenters. The topological polar surface area (TPSA) is 84.5 Å². The number of esters is 1. The number of benzene rings is 1. The Kier molecular flexibility index (Phi) is 5.13. The van der Waals surface area contributed by atoms with E-state index in [0.29, 0.717) is 23.4 Å². The third-order valence-corrected chi connectivity index (χ3v) is 6.63. The van der Waals surface area contributed by atoms with Gasteiger partial charge in [-0.3, -0.25) is 14.4 Å². The molecule has 6 nitrogen and oxygen atoms in total. The van der Waals surface area contributed by atoms with Gasteiger partial charge in [-0.25, -0.2) is 0 Å². The Hall–Kier alpha value is -2.37. The minimum atomic E-state index is -0.927. The monoisotopic (exact) mass is 384 g/mol. The third-order valence-electron chi connectivity index (χ3n) is 6.63. The average Bonchev–Trinajstić information content (AvgIpc) is 2.65. The SMILES string of the molecule is C[C@H](OC(=O)CNC(=O)C12CC3CC(CC(C3)C1)C2)C(=O)Nc1ccccc1. The van der Waals surface area contributed by atoms with Crippen molar-refractivity contribution >= 4 is 23.5 Å². The Bertz CT molecular complexity index is 726. The predicted molar refractivity (Wildman–Crippen MR) is 104 cm³/mol. The third kappa shape index (κ3) is 3.91. The molecule has 4 aliphatic carbocycles. The van der Waals surface area contributed by atoms with Gasteiger partial charge in [-0.05, 0) is 75.3 Å². The fourth-order valence-electron chi connectivity index (χ4n) is 5.79. The molecule has 1 aromatic rings. The van der Waals surface area contributed by atoms with E-state index < -0.39 is 18.0 Å². The molecule has 1 atom stereocenters. The van der Waals surface area contributed by atoms with E-state index in [-0.39, 0.29) is 17.9 Å². The van der Waals surface area contributed by atoms with Gasteiger partial charge in [-0.15, -0.1) is 0 Å². The molecule has 150 valence electrons. The van der Waals surface area contributed by atoms with Crippen LogP contribution in [0.2, 0.25) is 0 Å². The highest BCUT2D eigenvalue weighted by Gasteiger charge is 2.54. The maximum Gasteiger partial charge on any atom is 0.326 e. The number of carbonyl (C=O) groups excluding carboxylic acids is 3. The van der Waals surface area contributed by atoms with Crippen LogP contribution in [0.15, 0.2) is 30.3 Å². The van der Waals surface area contributed by atoms with Crippen LogP contribution >= 0.6 is 0 Å². The van der Waals surface area contributed by atoms with Gasteiger partial charge in [0, 0.05) is 11.1 Å². The van der Waals surface area contributed by atoms with Gasteiger partial charge in [-0.1, -0.05) is 18.2 Å². The number of hydrogen-bond acceptors (Lipinski definition) is 4.